The van der Waals surface area contributed by atoms with Crippen molar-refractivity contribution in [3.05, 3.63) is 70.7 Å². The van der Waals surface area contributed by atoms with Crippen LogP contribution in [0.4, 0.5) is 5.69 Å². The maximum atomic E-state index is 12.7. The van der Waals surface area contributed by atoms with E-state index >= 15 is 0 Å². The number of hydrogen-bond donors (Lipinski definition) is 0. The van der Waals surface area contributed by atoms with E-state index in [-0.39, 0.29) is 0 Å². The number of benzene rings is 2. The molecule has 6 nitrogen and oxygen atoms in total. The average molecular weight is 431 g/mol. The molecule has 0 spiro atoms. The number of anilines is 1. The van der Waals surface area contributed by atoms with Gasteiger partial charge in [-0.1, -0.05) is 49.2 Å². The zero-order valence-electron chi connectivity index (χ0n) is 19.0. The van der Waals surface area contributed by atoms with Crippen molar-refractivity contribution >= 4 is 16.7 Å². The van der Waals surface area contributed by atoms with Crippen LogP contribution in [0.15, 0.2) is 63.9 Å². The average Bonchev–Trinajstić information content (AvgIpc) is 3.30. The lowest BCUT2D eigenvalue weighted by Crippen LogP contribution is -2.21. The summed E-state index contributed by atoms with van der Waals surface area (Å²) in [4.78, 5) is 14.9. The molecule has 4 rings (SSSR count). The Labute approximate surface area is 188 Å². The van der Waals surface area contributed by atoms with Crippen molar-refractivity contribution < 1.29 is 4.42 Å². The van der Waals surface area contributed by atoms with E-state index in [0.717, 1.165) is 41.8 Å². The minimum atomic E-state index is -0.433. The van der Waals surface area contributed by atoms with Gasteiger partial charge in [0.05, 0.1) is 6.20 Å². The Morgan fingerprint density at radius 3 is 2.47 bits per heavy atom. The van der Waals surface area contributed by atoms with Crippen LogP contribution in [0.2, 0.25) is 0 Å². The van der Waals surface area contributed by atoms with E-state index in [1.807, 2.05) is 24.3 Å². The first-order valence-electron chi connectivity index (χ1n) is 11.5. The van der Waals surface area contributed by atoms with Gasteiger partial charge in [-0.25, -0.2) is 9.48 Å². The molecule has 0 unspecified atom stereocenters. The van der Waals surface area contributed by atoms with Crippen LogP contribution in [0.1, 0.15) is 45.6 Å². The summed E-state index contributed by atoms with van der Waals surface area (Å²) in [7, 11) is 0. The Bertz CT molecular complexity index is 1240. The molecule has 0 saturated heterocycles. The second-order valence-corrected chi connectivity index (χ2v) is 8.02. The second-order valence-electron chi connectivity index (χ2n) is 8.02. The molecule has 2 aromatic heterocycles. The van der Waals surface area contributed by atoms with E-state index in [1.54, 1.807) is 6.20 Å². The summed E-state index contributed by atoms with van der Waals surface area (Å²) < 4.78 is 7.13. The maximum Gasteiger partial charge on any atom is 0.362 e. The van der Waals surface area contributed by atoms with E-state index in [0.29, 0.717) is 11.3 Å². The van der Waals surface area contributed by atoms with Crippen LogP contribution in [-0.2, 0) is 6.42 Å². The fourth-order valence-electron chi connectivity index (χ4n) is 3.97. The molecule has 0 amide bonds. The molecule has 2 heterocycles. The van der Waals surface area contributed by atoms with Crippen LogP contribution < -0.4 is 10.5 Å². The Balaban J connectivity index is 1.59. The fourth-order valence-corrected chi connectivity index (χ4v) is 3.97. The molecule has 166 valence electrons. The zero-order chi connectivity index (χ0) is 22.5. The van der Waals surface area contributed by atoms with Crippen molar-refractivity contribution in [3.63, 3.8) is 0 Å². The molecule has 2 aromatic carbocycles. The van der Waals surface area contributed by atoms with E-state index in [1.165, 1.54) is 29.5 Å². The molecule has 0 N–H and O–H groups in total. The molecule has 0 aliphatic carbocycles. The molecule has 0 bridgehead atoms. The molecule has 0 atom stereocenters. The van der Waals surface area contributed by atoms with Gasteiger partial charge >= 0.3 is 5.63 Å². The molecule has 0 saturated carbocycles. The zero-order valence-corrected chi connectivity index (χ0v) is 19.0. The third-order valence-corrected chi connectivity index (χ3v) is 5.89. The SMILES string of the molecule is CCCCCc1ccc(-c2cn(-c3cc4ccc(N(CC)CC)cc4oc3=O)nn2)cc1. The maximum absolute atomic E-state index is 12.7. The van der Waals surface area contributed by atoms with Gasteiger partial charge in [-0.15, -0.1) is 5.10 Å². The van der Waals surface area contributed by atoms with Crippen molar-refractivity contribution in [1.29, 1.82) is 0 Å². The monoisotopic (exact) mass is 430 g/mol. The van der Waals surface area contributed by atoms with Gasteiger partial charge in [0.2, 0.25) is 0 Å². The molecule has 0 fully saturated rings. The minimum absolute atomic E-state index is 0.350. The number of aryl methyl sites for hydroxylation is 1. The van der Waals surface area contributed by atoms with Crippen molar-refractivity contribution in [2.24, 2.45) is 0 Å². The predicted octanol–water partition coefficient (Wildman–Crippen LogP) is 5.62. The van der Waals surface area contributed by atoms with Crippen LogP contribution in [-0.4, -0.2) is 28.1 Å². The first-order valence-corrected chi connectivity index (χ1v) is 11.5. The fraction of sp³-hybridized carbons (Fsp3) is 0.346. The second kappa shape index (κ2) is 9.81. The van der Waals surface area contributed by atoms with Gasteiger partial charge in [-0.2, -0.15) is 0 Å². The standard InChI is InChI=1S/C26H30N4O2/c1-4-7-8-9-19-10-12-20(13-11-19)23-18-30(28-27-23)24-16-21-14-15-22(29(5-2)6-3)17-25(21)32-26(24)31/h10-18H,4-9H2,1-3H3. The molecule has 0 aliphatic rings. The van der Waals surface area contributed by atoms with Crippen LogP contribution >= 0.6 is 0 Å². The quantitative estimate of drug-likeness (QED) is 0.255. The Kier molecular flexibility index (Phi) is 6.69. The third-order valence-electron chi connectivity index (χ3n) is 5.89. The molecule has 32 heavy (non-hydrogen) atoms. The molecule has 4 aromatic rings. The van der Waals surface area contributed by atoms with Crippen molar-refractivity contribution in [3.8, 4) is 16.9 Å². The van der Waals surface area contributed by atoms with E-state index < -0.39 is 5.63 Å². The minimum Gasteiger partial charge on any atom is -0.421 e. The summed E-state index contributed by atoms with van der Waals surface area (Å²) in [6.45, 7) is 8.22. The summed E-state index contributed by atoms with van der Waals surface area (Å²) in [5.41, 5.74) is 4.56. The van der Waals surface area contributed by atoms with Gasteiger partial charge in [0.15, 0.2) is 5.69 Å². The van der Waals surface area contributed by atoms with Gasteiger partial charge < -0.3 is 9.32 Å². The largest absolute Gasteiger partial charge is 0.421 e. The van der Waals surface area contributed by atoms with Crippen LogP contribution in [0.25, 0.3) is 27.9 Å². The van der Waals surface area contributed by atoms with Crippen molar-refractivity contribution in [1.82, 2.24) is 15.0 Å². The Morgan fingerprint density at radius 1 is 0.969 bits per heavy atom. The van der Waals surface area contributed by atoms with Gasteiger partial charge in [0, 0.05) is 35.8 Å². The highest BCUT2D eigenvalue weighted by atomic mass is 16.4. The van der Waals surface area contributed by atoms with Gasteiger partial charge in [-0.05, 0) is 50.5 Å². The first-order chi connectivity index (χ1) is 15.6. The number of hydrogen-bond acceptors (Lipinski definition) is 5. The van der Waals surface area contributed by atoms with Gasteiger partial charge in [0.1, 0.15) is 11.3 Å². The predicted molar refractivity (Wildman–Crippen MR) is 130 cm³/mol. The molecular weight excluding hydrogens is 400 g/mol. The smallest absolute Gasteiger partial charge is 0.362 e. The summed E-state index contributed by atoms with van der Waals surface area (Å²) >= 11 is 0. The Hall–Kier alpha value is -3.41. The number of aromatic nitrogens is 3. The third kappa shape index (κ3) is 4.59. The molecule has 0 aliphatic heterocycles. The van der Waals surface area contributed by atoms with Crippen LogP contribution in [0, 0.1) is 0 Å². The normalized spacial score (nSPS) is 11.2. The first kappa shape index (κ1) is 21.8. The van der Waals surface area contributed by atoms with Crippen molar-refractivity contribution in [2.45, 2.75) is 46.5 Å². The van der Waals surface area contributed by atoms with Crippen LogP contribution in [0.5, 0.6) is 0 Å². The van der Waals surface area contributed by atoms with Gasteiger partial charge in [0.25, 0.3) is 0 Å². The van der Waals surface area contributed by atoms with Crippen LogP contribution in [0.3, 0.4) is 0 Å². The lowest BCUT2D eigenvalue weighted by molar-refractivity contribution is 0.550. The Morgan fingerprint density at radius 2 is 1.75 bits per heavy atom. The summed E-state index contributed by atoms with van der Waals surface area (Å²) in [6.07, 6.45) is 6.55. The molecule has 6 heteroatoms. The molecular formula is C26H30N4O2. The highest BCUT2D eigenvalue weighted by Gasteiger charge is 2.12. The van der Waals surface area contributed by atoms with E-state index in [2.05, 4.69) is 60.2 Å². The summed E-state index contributed by atoms with van der Waals surface area (Å²) in [6, 6.07) is 16.2. The number of fused-ring (bicyclic) bond motifs is 1. The summed E-state index contributed by atoms with van der Waals surface area (Å²) in [5, 5.41) is 9.31. The lowest BCUT2D eigenvalue weighted by Gasteiger charge is -2.20. The molecule has 0 radical (unpaired) electrons. The highest BCUT2D eigenvalue weighted by Crippen LogP contribution is 2.24. The number of nitrogens with zero attached hydrogens (tertiary/aromatic N) is 4. The number of rotatable bonds is 9. The number of unbranched alkanes of at least 4 members (excludes halogenated alkanes) is 2. The topological polar surface area (TPSA) is 64.2 Å². The summed E-state index contributed by atoms with van der Waals surface area (Å²) in [5.74, 6) is 0. The highest BCUT2D eigenvalue weighted by molar-refractivity contribution is 5.82. The van der Waals surface area contributed by atoms with E-state index in [4.69, 9.17) is 4.42 Å². The van der Waals surface area contributed by atoms with E-state index in [9.17, 15) is 4.79 Å². The lowest BCUT2D eigenvalue weighted by atomic mass is 10.0. The van der Waals surface area contributed by atoms with Gasteiger partial charge in [-0.3, -0.25) is 0 Å². The van der Waals surface area contributed by atoms with Crippen molar-refractivity contribution in [2.75, 3.05) is 18.0 Å².